The summed E-state index contributed by atoms with van der Waals surface area (Å²) < 4.78 is 79.5. The molecule has 21 saturated heterocycles. The summed E-state index contributed by atoms with van der Waals surface area (Å²) in [5.74, 6) is 0. The molecule has 21 heterocycles. The van der Waals surface area contributed by atoms with Gasteiger partial charge in [-0.1, -0.05) is 27.7 Å². The summed E-state index contributed by atoms with van der Waals surface area (Å²) in [5.41, 5.74) is 0. The molecule has 21 fully saturated rings. The Labute approximate surface area is 534 Å². The molecule has 39 nitrogen and oxygen atoms in total. The minimum atomic E-state index is -2.21. The molecule has 14 bridgehead atoms. The van der Waals surface area contributed by atoms with Gasteiger partial charge in [0, 0.05) is 26.4 Å². The topological polar surface area (TPSA) is 635 Å². The van der Waals surface area contributed by atoms with Crippen molar-refractivity contribution in [2.45, 2.75) is 268 Å². The number of ether oxygens (including phenoxy) is 14. The third-order valence-corrected chi connectivity index (χ3v) is 15.7. The van der Waals surface area contributed by atoms with Crippen LogP contribution in [0.3, 0.4) is 0 Å². The molecule has 0 aromatic rings. The van der Waals surface area contributed by atoms with Crippen molar-refractivity contribution in [2.75, 3.05) is 72.7 Å². The number of hydrogen-bond donors (Lipinski definition) is 25. The molecule has 39 heteroatoms. The molecule has 0 aromatic carbocycles. The van der Waals surface area contributed by atoms with Crippen molar-refractivity contribution in [2.24, 2.45) is 0 Å². The van der Waals surface area contributed by atoms with Crippen molar-refractivity contribution in [3.05, 3.63) is 0 Å². The Kier molecular flexibility index (Phi) is 37.2. The van der Waals surface area contributed by atoms with Crippen LogP contribution in [0.1, 0.15) is 53.4 Å². The molecular formula is C54H102O39. The van der Waals surface area contributed by atoms with Gasteiger partial charge in [-0.25, -0.2) is 0 Å². The van der Waals surface area contributed by atoms with E-state index < -0.39 is 261 Å². The largest absolute Gasteiger partial charge is 0.396 e. The van der Waals surface area contributed by atoms with Gasteiger partial charge in [0.25, 0.3) is 0 Å². The van der Waals surface area contributed by atoms with E-state index in [1.54, 1.807) is 0 Å². The van der Waals surface area contributed by atoms with Crippen LogP contribution in [-0.2, 0) is 66.3 Å². The van der Waals surface area contributed by atoms with Crippen LogP contribution in [0.2, 0.25) is 0 Å². The second kappa shape index (κ2) is 41.2. The highest BCUT2D eigenvalue weighted by molar-refractivity contribution is 5.02. The Hall–Kier alpha value is -1.56. The molecular weight excluding hydrogens is 1270 g/mol. The number of rotatable bonds is 11. The maximum absolute atomic E-state index is 11.3. The van der Waals surface area contributed by atoms with Gasteiger partial charge < -0.3 is 194 Å². The lowest BCUT2D eigenvalue weighted by molar-refractivity contribution is -0.396. The normalized spacial score (nSPS) is 47.1. The highest BCUT2D eigenvalue weighted by atomic mass is 16.8. The SMILES string of the molecule is CCCO.CCCO.CCCO.CCCO.OCC1OC2OC3C(CO)OC(OC4C(CO)OC(OC5C(CO)OC(OC6C(CO)OC(OC7C(CO)OC(OC8C(CO)OC(OC1C(O)C2O)C(O)C8O)C(O)C7O)C(O)C6O)C(O)C5O)C(O)C4O)C(O)C3O. The molecule has 25 N–H and O–H groups in total. The monoisotopic (exact) mass is 1370 g/mol. The molecule has 0 amide bonds. The van der Waals surface area contributed by atoms with Crippen LogP contribution in [0, 0.1) is 0 Å². The standard InChI is InChI=1S/C42H70O35.4C3H8O/c43-1-8-29-15(50)22(57)36(64-8)72-30-9(2-44)66-38(24(59)17(30)52)74-32-11(4-46)68-40(26(61)19(32)54)76-34-13(6-48)70-42(28(63)21(34)56)77-35-14(7-49)69-41(27(62)20(35)55)75-33-12(5-47)67-39(25(60)18(33)53)73-31-10(3-45)65-37(71-29)23(58)16(31)51;4*1-2-3-4/h8-63H,1-7H2;4*4H,2-3H2,1H3. The van der Waals surface area contributed by atoms with Crippen LogP contribution in [0.5, 0.6) is 0 Å². The zero-order valence-corrected chi connectivity index (χ0v) is 51.7. The molecule has 93 heavy (non-hydrogen) atoms. The molecule has 35 atom stereocenters. The molecule has 21 rings (SSSR count). The second-order valence-electron chi connectivity index (χ2n) is 22.5. The maximum atomic E-state index is 11.3. The highest BCUT2D eigenvalue weighted by Gasteiger charge is 2.59. The predicted molar refractivity (Wildman–Crippen MR) is 298 cm³/mol. The van der Waals surface area contributed by atoms with Crippen molar-refractivity contribution in [1.82, 2.24) is 0 Å². The number of hydrogen-bond acceptors (Lipinski definition) is 39. The molecule has 35 unspecified atom stereocenters. The zero-order valence-electron chi connectivity index (χ0n) is 51.7. The van der Waals surface area contributed by atoms with Crippen LogP contribution in [-0.4, -0.2) is 415 Å². The Balaban J connectivity index is 0.00000103. The van der Waals surface area contributed by atoms with Crippen molar-refractivity contribution in [1.29, 1.82) is 0 Å². The molecule has 552 valence electrons. The van der Waals surface area contributed by atoms with E-state index in [1.807, 2.05) is 27.7 Å². The summed E-state index contributed by atoms with van der Waals surface area (Å²) in [5, 5.41) is 262. The molecule has 0 saturated carbocycles. The first-order chi connectivity index (χ1) is 44.3. The third kappa shape index (κ3) is 20.8. The summed E-state index contributed by atoms with van der Waals surface area (Å²) in [7, 11) is 0. The molecule has 0 aliphatic carbocycles. The summed E-state index contributed by atoms with van der Waals surface area (Å²) in [6.07, 6.45) is -66.7. The Morgan fingerprint density at radius 1 is 0.172 bits per heavy atom. The van der Waals surface area contributed by atoms with Crippen LogP contribution < -0.4 is 0 Å². The summed E-state index contributed by atoms with van der Waals surface area (Å²) in [6, 6.07) is 0. The van der Waals surface area contributed by atoms with Crippen molar-refractivity contribution < 1.29 is 194 Å². The van der Waals surface area contributed by atoms with E-state index >= 15 is 0 Å². The van der Waals surface area contributed by atoms with Gasteiger partial charge in [0.15, 0.2) is 44.0 Å². The van der Waals surface area contributed by atoms with Gasteiger partial charge >= 0.3 is 0 Å². The van der Waals surface area contributed by atoms with E-state index in [-0.39, 0.29) is 0 Å². The molecule has 0 radical (unpaired) electrons. The van der Waals surface area contributed by atoms with E-state index in [0.717, 1.165) is 25.7 Å². The average molecular weight is 1380 g/mol. The van der Waals surface area contributed by atoms with Gasteiger partial charge in [-0.2, -0.15) is 0 Å². The maximum Gasteiger partial charge on any atom is 0.187 e. The van der Waals surface area contributed by atoms with Gasteiger partial charge in [0.2, 0.25) is 0 Å². The van der Waals surface area contributed by atoms with E-state index in [2.05, 4.69) is 0 Å². The lowest BCUT2D eigenvalue weighted by Crippen LogP contribution is -2.68. The van der Waals surface area contributed by atoms with Gasteiger partial charge in [-0.15, -0.1) is 0 Å². The van der Waals surface area contributed by atoms with Gasteiger partial charge in [-0.3, -0.25) is 0 Å². The van der Waals surface area contributed by atoms with Gasteiger partial charge in [0.1, 0.15) is 171 Å². The van der Waals surface area contributed by atoms with Crippen molar-refractivity contribution in [3.63, 3.8) is 0 Å². The summed E-state index contributed by atoms with van der Waals surface area (Å²) in [4.78, 5) is 0. The highest BCUT2D eigenvalue weighted by Crippen LogP contribution is 2.39. The predicted octanol–water partition coefficient (Wildman–Crippen LogP) is -13.7. The minimum absolute atomic E-state index is 0.319. The van der Waals surface area contributed by atoms with Gasteiger partial charge in [0.05, 0.1) is 46.2 Å². The third-order valence-electron chi connectivity index (χ3n) is 15.7. The first-order valence-electron chi connectivity index (χ1n) is 30.7. The number of aliphatic hydroxyl groups excluding tert-OH is 25. The lowest BCUT2D eigenvalue weighted by Gasteiger charge is -2.50. The molecule has 0 spiro atoms. The first-order valence-corrected chi connectivity index (χ1v) is 30.7. The Bertz CT molecular complexity index is 1590. The molecule has 21 aliphatic rings. The second-order valence-corrected chi connectivity index (χ2v) is 22.5. The van der Waals surface area contributed by atoms with E-state index in [9.17, 15) is 107 Å². The lowest BCUT2D eigenvalue weighted by atomic mass is 9.95. The zero-order chi connectivity index (χ0) is 69.7. The van der Waals surface area contributed by atoms with Crippen LogP contribution >= 0.6 is 0 Å². The fourth-order valence-electron chi connectivity index (χ4n) is 10.4. The van der Waals surface area contributed by atoms with E-state index in [1.165, 1.54) is 0 Å². The van der Waals surface area contributed by atoms with Crippen molar-refractivity contribution >= 4 is 0 Å². The average Bonchev–Trinajstić information content (AvgIpc) is 0.802. The summed E-state index contributed by atoms with van der Waals surface area (Å²) in [6.45, 7) is 1.67. The Morgan fingerprint density at radius 2 is 0.269 bits per heavy atom. The quantitative estimate of drug-likeness (QED) is 0.0913. The van der Waals surface area contributed by atoms with E-state index in [0.29, 0.717) is 26.4 Å². The van der Waals surface area contributed by atoms with Crippen LogP contribution in [0.4, 0.5) is 0 Å². The smallest absolute Gasteiger partial charge is 0.187 e. The van der Waals surface area contributed by atoms with Crippen molar-refractivity contribution in [3.8, 4) is 0 Å². The molecule has 21 aliphatic heterocycles. The Morgan fingerprint density at radius 3 is 0.344 bits per heavy atom. The first kappa shape index (κ1) is 83.9. The fourth-order valence-corrected chi connectivity index (χ4v) is 10.4. The summed E-state index contributed by atoms with van der Waals surface area (Å²) >= 11 is 0. The van der Waals surface area contributed by atoms with Crippen LogP contribution in [0.15, 0.2) is 0 Å². The molecule has 0 aromatic heterocycles. The van der Waals surface area contributed by atoms with E-state index in [4.69, 9.17) is 86.7 Å². The minimum Gasteiger partial charge on any atom is -0.396 e. The van der Waals surface area contributed by atoms with Gasteiger partial charge in [-0.05, 0) is 25.7 Å². The fraction of sp³-hybridized carbons (Fsp3) is 1.00. The van der Waals surface area contributed by atoms with Crippen LogP contribution in [0.25, 0.3) is 0 Å². The number of aliphatic hydroxyl groups is 25.